The summed E-state index contributed by atoms with van der Waals surface area (Å²) in [7, 11) is 2.24. The molecule has 1 N–H and O–H groups in total. The van der Waals surface area contributed by atoms with E-state index in [9.17, 15) is 0 Å². The molecule has 4 saturated heterocycles. The highest BCUT2D eigenvalue weighted by molar-refractivity contribution is 5.91. The summed E-state index contributed by atoms with van der Waals surface area (Å²) in [6.07, 6.45) is 6.40. The van der Waals surface area contributed by atoms with Gasteiger partial charge in [-0.3, -0.25) is 0 Å². The van der Waals surface area contributed by atoms with Crippen molar-refractivity contribution in [2.75, 3.05) is 74.6 Å². The Hall–Kier alpha value is -2.97. The van der Waals surface area contributed by atoms with Crippen LogP contribution in [0.3, 0.4) is 0 Å². The first kappa shape index (κ1) is 20.4. The van der Waals surface area contributed by atoms with E-state index in [0.717, 1.165) is 61.8 Å². The number of likely N-dealkylation sites (tertiary alicyclic amines) is 1. The van der Waals surface area contributed by atoms with E-state index in [2.05, 4.69) is 61.3 Å². The number of nitrogens with zero attached hydrogens (tertiary/aromatic N) is 6. The molecule has 8 heteroatoms. The zero-order valence-corrected chi connectivity index (χ0v) is 19.7. The molecule has 4 fully saturated rings. The summed E-state index contributed by atoms with van der Waals surface area (Å²) in [5.41, 5.74) is 4.21. The summed E-state index contributed by atoms with van der Waals surface area (Å²) in [5.74, 6) is 1.35. The second kappa shape index (κ2) is 7.52. The molecule has 0 aliphatic carbocycles. The van der Waals surface area contributed by atoms with Crippen molar-refractivity contribution >= 4 is 34.0 Å². The normalized spacial score (nSPS) is 25.8. The summed E-state index contributed by atoms with van der Waals surface area (Å²) in [4.78, 5) is 21.5. The lowest BCUT2D eigenvalue weighted by Crippen LogP contribution is -2.66. The highest BCUT2D eigenvalue weighted by atomic mass is 16.5. The van der Waals surface area contributed by atoms with Crippen molar-refractivity contribution in [3.05, 3.63) is 42.7 Å². The maximum atomic E-state index is 5.38. The number of nitrogens with one attached hydrogen (secondary N) is 1. The largest absolute Gasteiger partial charge is 0.380 e. The lowest BCUT2D eigenvalue weighted by molar-refractivity contribution is -0.127. The fourth-order valence-corrected chi connectivity index (χ4v) is 6.27. The van der Waals surface area contributed by atoms with Gasteiger partial charge >= 0.3 is 0 Å². The molecule has 8 nitrogen and oxygen atoms in total. The Morgan fingerprint density at radius 3 is 2.47 bits per heavy atom. The molecule has 6 heterocycles. The standard InChI is InChI=1S/C26H31N7O/c1-31-9-7-25(13-31)8-10-32(14-25)21-4-2-3-19-11-28-24(30-23(19)21)29-22-6-5-20(12-27-22)33-15-26(16-33)17-34-18-26/h2-6,11-12H,7-10,13-18H2,1H3,(H,27,28,29,30). The van der Waals surface area contributed by atoms with E-state index in [0.29, 0.717) is 16.8 Å². The maximum Gasteiger partial charge on any atom is 0.228 e. The van der Waals surface area contributed by atoms with Gasteiger partial charge in [-0.2, -0.15) is 0 Å². The zero-order valence-electron chi connectivity index (χ0n) is 19.7. The Morgan fingerprint density at radius 2 is 1.74 bits per heavy atom. The van der Waals surface area contributed by atoms with E-state index >= 15 is 0 Å². The number of para-hydroxylation sites is 1. The molecule has 0 bridgehead atoms. The second-order valence-electron chi connectivity index (χ2n) is 10.9. The van der Waals surface area contributed by atoms with E-state index in [1.54, 1.807) is 0 Å². The van der Waals surface area contributed by atoms with E-state index < -0.39 is 0 Å². The van der Waals surface area contributed by atoms with E-state index in [4.69, 9.17) is 9.72 Å². The first-order chi connectivity index (χ1) is 16.6. The van der Waals surface area contributed by atoms with Crippen LogP contribution in [-0.2, 0) is 4.74 Å². The maximum absolute atomic E-state index is 5.38. The van der Waals surface area contributed by atoms with E-state index in [-0.39, 0.29) is 0 Å². The first-order valence-corrected chi connectivity index (χ1v) is 12.3. The van der Waals surface area contributed by atoms with E-state index in [1.807, 2.05) is 18.5 Å². The van der Waals surface area contributed by atoms with Crippen molar-refractivity contribution in [1.82, 2.24) is 19.9 Å². The predicted molar refractivity (Wildman–Crippen MR) is 134 cm³/mol. The van der Waals surface area contributed by atoms with Gasteiger partial charge in [-0.1, -0.05) is 12.1 Å². The Labute approximate surface area is 199 Å². The van der Waals surface area contributed by atoms with Crippen LogP contribution >= 0.6 is 0 Å². The van der Waals surface area contributed by atoms with Crippen LogP contribution in [0.5, 0.6) is 0 Å². The molecular formula is C26H31N7O. The number of pyridine rings is 1. The molecule has 176 valence electrons. The SMILES string of the molecule is CN1CCC2(CCN(c3cccc4cnc(Nc5ccc(N6CC7(COC7)C6)cn5)nc34)C2)C1. The summed E-state index contributed by atoms with van der Waals surface area (Å²) < 4.78 is 5.38. The van der Waals surface area contributed by atoms with Crippen molar-refractivity contribution < 1.29 is 4.74 Å². The molecule has 1 unspecified atom stereocenters. The highest BCUT2D eigenvalue weighted by Gasteiger charge is 2.49. The summed E-state index contributed by atoms with van der Waals surface area (Å²) in [5, 5.41) is 4.38. The molecular weight excluding hydrogens is 426 g/mol. The molecule has 2 aromatic heterocycles. The summed E-state index contributed by atoms with van der Waals surface area (Å²) in [6, 6.07) is 10.6. The Bertz CT molecular complexity index is 1220. The van der Waals surface area contributed by atoms with Gasteiger partial charge in [0, 0.05) is 49.7 Å². The fourth-order valence-electron chi connectivity index (χ4n) is 6.27. The molecule has 0 amide bonds. The minimum atomic E-state index is 0.399. The number of anilines is 4. The quantitative estimate of drug-likeness (QED) is 0.641. The molecule has 3 aromatic rings. The molecule has 0 saturated carbocycles. The molecule has 2 spiro atoms. The molecule has 4 aliphatic rings. The minimum Gasteiger partial charge on any atom is -0.380 e. The molecule has 1 aromatic carbocycles. The van der Waals surface area contributed by atoms with Crippen LogP contribution in [0.2, 0.25) is 0 Å². The number of benzene rings is 1. The van der Waals surface area contributed by atoms with Crippen molar-refractivity contribution in [3.63, 3.8) is 0 Å². The average Bonchev–Trinajstić information content (AvgIpc) is 3.37. The number of hydrogen-bond donors (Lipinski definition) is 1. The van der Waals surface area contributed by atoms with Gasteiger partial charge in [0.05, 0.1) is 41.7 Å². The molecule has 1 atom stereocenters. The van der Waals surface area contributed by atoms with Crippen LogP contribution in [-0.4, -0.2) is 79.4 Å². The summed E-state index contributed by atoms with van der Waals surface area (Å²) >= 11 is 0. The lowest BCUT2D eigenvalue weighted by Gasteiger charge is -2.55. The van der Waals surface area contributed by atoms with Gasteiger partial charge < -0.3 is 24.8 Å². The second-order valence-corrected chi connectivity index (χ2v) is 10.9. The third-order valence-electron chi connectivity index (χ3n) is 8.22. The average molecular weight is 458 g/mol. The first-order valence-electron chi connectivity index (χ1n) is 12.3. The van der Waals surface area contributed by atoms with Crippen LogP contribution in [0, 0.1) is 10.8 Å². The number of fused-ring (bicyclic) bond motifs is 1. The van der Waals surface area contributed by atoms with Crippen LogP contribution in [0.15, 0.2) is 42.7 Å². The smallest absolute Gasteiger partial charge is 0.228 e. The Kier molecular flexibility index (Phi) is 4.51. The highest BCUT2D eigenvalue weighted by Crippen LogP contribution is 2.42. The fraction of sp³-hybridized carbons (Fsp3) is 0.500. The number of rotatable bonds is 4. The van der Waals surface area contributed by atoms with Gasteiger partial charge in [-0.15, -0.1) is 0 Å². The third kappa shape index (κ3) is 3.39. The summed E-state index contributed by atoms with van der Waals surface area (Å²) in [6.45, 7) is 8.52. The van der Waals surface area contributed by atoms with Gasteiger partial charge in [-0.25, -0.2) is 15.0 Å². The third-order valence-corrected chi connectivity index (χ3v) is 8.22. The van der Waals surface area contributed by atoms with E-state index in [1.165, 1.54) is 31.6 Å². The number of aromatic nitrogens is 3. The molecule has 7 rings (SSSR count). The van der Waals surface area contributed by atoms with Crippen LogP contribution in [0.25, 0.3) is 10.9 Å². The van der Waals surface area contributed by atoms with Crippen molar-refractivity contribution in [2.45, 2.75) is 12.8 Å². The molecule has 34 heavy (non-hydrogen) atoms. The van der Waals surface area contributed by atoms with Gasteiger partial charge in [0.25, 0.3) is 0 Å². The monoisotopic (exact) mass is 457 g/mol. The zero-order chi connectivity index (χ0) is 22.8. The van der Waals surface area contributed by atoms with Gasteiger partial charge in [0.2, 0.25) is 5.95 Å². The minimum absolute atomic E-state index is 0.399. The van der Waals surface area contributed by atoms with Crippen molar-refractivity contribution in [1.29, 1.82) is 0 Å². The number of ether oxygens (including phenoxy) is 1. The van der Waals surface area contributed by atoms with Gasteiger partial charge in [0.15, 0.2) is 0 Å². The molecule has 0 radical (unpaired) electrons. The van der Waals surface area contributed by atoms with Gasteiger partial charge in [-0.05, 0) is 44.6 Å². The van der Waals surface area contributed by atoms with Crippen LogP contribution in [0.4, 0.5) is 23.1 Å². The topological polar surface area (TPSA) is 69.7 Å². The Morgan fingerprint density at radius 1 is 0.882 bits per heavy atom. The lowest BCUT2D eigenvalue weighted by atomic mass is 9.78. The predicted octanol–water partition coefficient (Wildman–Crippen LogP) is 3.14. The number of hydrogen-bond acceptors (Lipinski definition) is 8. The Balaban J connectivity index is 1.09. The molecule has 4 aliphatic heterocycles. The van der Waals surface area contributed by atoms with Crippen LogP contribution < -0.4 is 15.1 Å². The van der Waals surface area contributed by atoms with Crippen LogP contribution in [0.1, 0.15) is 12.8 Å². The van der Waals surface area contributed by atoms with Gasteiger partial charge in [0.1, 0.15) is 5.82 Å². The van der Waals surface area contributed by atoms with Crippen molar-refractivity contribution in [2.24, 2.45) is 10.8 Å². The van der Waals surface area contributed by atoms with Crippen molar-refractivity contribution in [3.8, 4) is 0 Å².